The molecule has 0 spiro atoms. The van der Waals surface area contributed by atoms with E-state index in [0.29, 0.717) is 44.6 Å². The molecule has 1 aliphatic heterocycles. The maximum atomic E-state index is 13.1. The number of hydrogen-bond donors (Lipinski definition) is 0. The first-order chi connectivity index (χ1) is 18.4. The lowest BCUT2D eigenvalue weighted by Crippen LogP contribution is -2.28. The molecule has 1 aliphatic rings. The number of ether oxygens (including phenoxy) is 2. The van der Waals surface area contributed by atoms with Crippen LogP contribution in [0.15, 0.2) is 88.8 Å². The number of benzene rings is 4. The molecule has 1 amide bonds. The Kier molecular flexibility index (Phi) is 7.93. The summed E-state index contributed by atoms with van der Waals surface area (Å²) in [6.07, 6.45) is 1.77. The van der Waals surface area contributed by atoms with Gasteiger partial charge in [0.2, 0.25) is 0 Å². The number of likely N-dealkylation sites (N-methyl/N-ethyl adjacent to an activating group) is 1. The highest BCUT2D eigenvalue weighted by atomic mass is 35.5. The van der Waals surface area contributed by atoms with E-state index in [1.54, 1.807) is 30.2 Å². The molecule has 0 radical (unpaired) electrons. The maximum absolute atomic E-state index is 13.1. The topological polar surface area (TPSA) is 51.1 Å². The molecule has 0 unspecified atom stereocenters. The van der Waals surface area contributed by atoms with Crippen molar-refractivity contribution in [2.45, 2.75) is 13.5 Å². The van der Waals surface area contributed by atoms with E-state index in [2.05, 4.69) is 29.3 Å². The zero-order valence-corrected chi connectivity index (χ0v) is 23.1. The van der Waals surface area contributed by atoms with Crippen LogP contribution in [0.2, 0.25) is 10.0 Å². The largest absolute Gasteiger partial charge is 0.497 e. The van der Waals surface area contributed by atoms with Crippen molar-refractivity contribution in [2.24, 2.45) is 4.99 Å². The summed E-state index contributed by atoms with van der Waals surface area (Å²) in [5.41, 5.74) is 2.45. The van der Waals surface area contributed by atoms with Gasteiger partial charge in [-0.15, -0.1) is 0 Å². The molecule has 1 fully saturated rings. The second kappa shape index (κ2) is 11.5. The molecule has 1 saturated heterocycles. The number of carbonyl (C=O) groups is 1. The summed E-state index contributed by atoms with van der Waals surface area (Å²) in [4.78, 5) is 19.9. The summed E-state index contributed by atoms with van der Waals surface area (Å²) in [6.45, 7) is 2.75. The van der Waals surface area contributed by atoms with E-state index in [1.165, 1.54) is 17.1 Å². The number of fused-ring (bicyclic) bond motifs is 1. The average molecular weight is 564 g/mol. The molecule has 8 heteroatoms. The van der Waals surface area contributed by atoms with Crippen molar-refractivity contribution >= 4 is 68.6 Å². The van der Waals surface area contributed by atoms with Crippen LogP contribution in [-0.2, 0) is 11.4 Å². The van der Waals surface area contributed by atoms with Crippen molar-refractivity contribution in [3.63, 3.8) is 0 Å². The molecule has 0 N–H and O–H groups in total. The Morgan fingerprint density at radius 1 is 0.947 bits per heavy atom. The highest BCUT2D eigenvalue weighted by molar-refractivity contribution is 8.18. The number of rotatable bonds is 7. The summed E-state index contributed by atoms with van der Waals surface area (Å²) >= 11 is 14.4. The number of carbonyl (C=O) groups excluding carboxylic acids is 1. The highest BCUT2D eigenvalue weighted by Gasteiger charge is 2.32. The van der Waals surface area contributed by atoms with Gasteiger partial charge in [0.1, 0.15) is 12.4 Å². The normalized spacial score (nSPS) is 15.6. The maximum Gasteiger partial charge on any atom is 0.266 e. The van der Waals surface area contributed by atoms with E-state index in [0.717, 1.165) is 22.4 Å². The van der Waals surface area contributed by atoms with Crippen LogP contribution in [0.4, 0.5) is 5.69 Å². The van der Waals surface area contributed by atoms with E-state index < -0.39 is 0 Å². The van der Waals surface area contributed by atoms with Crippen LogP contribution >= 0.6 is 35.0 Å². The molecular formula is C30H24Cl2N2O3S. The number of amides is 1. The number of thioether (sulfide) groups is 1. The van der Waals surface area contributed by atoms with Crippen molar-refractivity contribution in [1.82, 2.24) is 4.90 Å². The molecule has 0 aromatic heterocycles. The number of methoxy groups -OCH3 is 1. The molecule has 0 saturated carbocycles. The summed E-state index contributed by atoms with van der Waals surface area (Å²) in [7, 11) is 1.62. The first-order valence-corrected chi connectivity index (χ1v) is 13.6. The zero-order chi connectivity index (χ0) is 26.6. The summed E-state index contributed by atoms with van der Waals surface area (Å²) < 4.78 is 11.2. The van der Waals surface area contributed by atoms with Crippen LogP contribution < -0.4 is 9.47 Å². The minimum absolute atomic E-state index is 0.117. The molecular weight excluding hydrogens is 539 g/mol. The highest BCUT2D eigenvalue weighted by Crippen LogP contribution is 2.38. The van der Waals surface area contributed by atoms with Crippen molar-refractivity contribution in [1.29, 1.82) is 0 Å². The predicted molar refractivity (Wildman–Crippen MR) is 158 cm³/mol. The van der Waals surface area contributed by atoms with E-state index in [-0.39, 0.29) is 5.91 Å². The second-order valence-corrected chi connectivity index (χ2v) is 10.4. The van der Waals surface area contributed by atoms with Gasteiger partial charge in [-0.1, -0.05) is 59.6 Å². The molecule has 38 heavy (non-hydrogen) atoms. The van der Waals surface area contributed by atoms with Gasteiger partial charge in [-0.3, -0.25) is 9.69 Å². The molecule has 5 rings (SSSR count). The zero-order valence-electron chi connectivity index (χ0n) is 20.8. The van der Waals surface area contributed by atoms with Crippen LogP contribution in [0.3, 0.4) is 0 Å². The molecule has 4 aromatic rings. The monoisotopic (exact) mass is 562 g/mol. The fourth-order valence-corrected chi connectivity index (χ4v) is 5.75. The molecule has 0 aliphatic carbocycles. The summed E-state index contributed by atoms with van der Waals surface area (Å²) in [6, 6.07) is 25.2. The number of amidine groups is 1. The van der Waals surface area contributed by atoms with E-state index in [4.69, 9.17) is 32.7 Å². The lowest BCUT2D eigenvalue weighted by Gasteiger charge is -2.12. The Morgan fingerprint density at radius 2 is 1.66 bits per heavy atom. The van der Waals surface area contributed by atoms with Crippen LogP contribution in [0.5, 0.6) is 11.5 Å². The third kappa shape index (κ3) is 5.68. The Bertz CT molecular complexity index is 1540. The quantitative estimate of drug-likeness (QED) is 0.212. The molecule has 4 aromatic carbocycles. The summed E-state index contributed by atoms with van der Waals surface area (Å²) in [5, 5.41) is 3.67. The van der Waals surface area contributed by atoms with Crippen LogP contribution in [0, 0.1) is 0 Å². The van der Waals surface area contributed by atoms with Gasteiger partial charge >= 0.3 is 0 Å². The first-order valence-electron chi connectivity index (χ1n) is 12.0. The van der Waals surface area contributed by atoms with Gasteiger partial charge in [-0.05, 0) is 89.1 Å². The van der Waals surface area contributed by atoms with Gasteiger partial charge < -0.3 is 9.47 Å². The fraction of sp³-hybridized carbons (Fsp3) is 0.133. The molecule has 0 atom stereocenters. The minimum atomic E-state index is -0.117. The lowest BCUT2D eigenvalue weighted by atomic mass is 10.1. The van der Waals surface area contributed by atoms with E-state index >= 15 is 0 Å². The predicted octanol–water partition coefficient (Wildman–Crippen LogP) is 8.36. The van der Waals surface area contributed by atoms with Crippen molar-refractivity contribution in [2.75, 3.05) is 13.7 Å². The molecule has 192 valence electrons. The van der Waals surface area contributed by atoms with Gasteiger partial charge in [0.05, 0.1) is 27.7 Å². The number of halogens is 2. The third-order valence-electron chi connectivity index (χ3n) is 6.02. The van der Waals surface area contributed by atoms with Crippen LogP contribution in [0.25, 0.3) is 16.8 Å². The van der Waals surface area contributed by atoms with Gasteiger partial charge in [0.25, 0.3) is 5.91 Å². The first kappa shape index (κ1) is 26.2. The molecule has 1 heterocycles. The van der Waals surface area contributed by atoms with Gasteiger partial charge in [-0.2, -0.15) is 0 Å². The Hall–Kier alpha value is -3.45. The van der Waals surface area contributed by atoms with Gasteiger partial charge in [-0.25, -0.2) is 4.99 Å². The number of hydrogen-bond acceptors (Lipinski definition) is 5. The molecule has 0 bridgehead atoms. The van der Waals surface area contributed by atoms with Crippen LogP contribution in [0.1, 0.15) is 18.1 Å². The van der Waals surface area contributed by atoms with Crippen molar-refractivity contribution in [3.8, 4) is 11.5 Å². The van der Waals surface area contributed by atoms with Crippen molar-refractivity contribution in [3.05, 3.63) is 105 Å². The standard InChI is InChI=1S/C30H24Cl2N2O3S/c1-3-34-29(35)27(38-30(34)33-23-10-12-24(36-2)13-11-23)17-20-15-25(31)28(26(32)16-20)37-18-19-8-9-21-6-4-5-7-22(21)14-19/h4-17H,3,18H2,1-2H3/b27-17+,33-30?. The number of aliphatic imine (C=N–C) groups is 1. The molecule has 5 nitrogen and oxygen atoms in total. The van der Waals surface area contributed by atoms with Crippen molar-refractivity contribution < 1.29 is 14.3 Å². The van der Waals surface area contributed by atoms with E-state index in [1.807, 2.05) is 49.4 Å². The Morgan fingerprint density at radius 3 is 2.34 bits per heavy atom. The van der Waals surface area contributed by atoms with Gasteiger partial charge in [0, 0.05) is 6.54 Å². The Labute approximate surface area is 235 Å². The van der Waals surface area contributed by atoms with E-state index in [9.17, 15) is 4.79 Å². The number of nitrogens with zero attached hydrogens (tertiary/aromatic N) is 2. The Balaban J connectivity index is 1.34. The average Bonchev–Trinajstić information content (AvgIpc) is 3.21. The lowest BCUT2D eigenvalue weighted by molar-refractivity contribution is -0.122. The minimum Gasteiger partial charge on any atom is -0.497 e. The third-order valence-corrected chi connectivity index (χ3v) is 7.59. The summed E-state index contributed by atoms with van der Waals surface area (Å²) in [5.74, 6) is 1.04. The van der Waals surface area contributed by atoms with Gasteiger partial charge in [0.15, 0.2) is 10.9 Å². The smallest absolute Gasteiger partial charge is 0.266 e. The van der Waals surface area contributed by atoms with Crippen LogP contribution in [-0.4, -0.2) is 29.6 Å². The fourth-order valence-electron chi connectivity index (χ4n) is 4.07. The second-order valence-electron chi connectivity index (χ2n) is 8.54. The SMILES string of the molecule is CCN1C(=O)/C(=C\c2cc(Cl)c(OCc3ccc4ccccc4c3)c(Cl)c2)SC1=Nc1ccc(OC)cc1.